The largest absolute Gasteiger partial charge is 0.406 e. The molecule has 0 aromatic carbocycles. The highest BCUT2D eigenvalue weighted by Gasteiger charge is 2.22. The van der Waals surface area contributed by atoms with Crippen LogP contribution in [0.15, 0.2) is 4.42 Å². The van der Waals surface area contributed by atoms with E-state index in [1.165, 1.54) is 0 Å². The van der Waals surface area contributed by atoms with Gasteiger partial charge in [-0.2, -0.15) is 0 Å². The first-order valence-corrected chi connectivity index (χ1v) is 7.11. The topological polar surface area (TPSA) is 72.2 Å². The molecule has 2 unspecified atom stereocenters. The van der Waals surface area contributed by atoms with E-state index in [2.05, 4.69) is 34.7 Å². The van der Waals surface area contributed by atoms with Crippen LogP contribution in [0.2, 0.25) is 0 Å². The van der Waals surface area contributed by atoms with Gasteiger partial charge in [-0.1, -0.05) is 12.0 Å². The Morgan fingerprint density at radius 1 is 1.26 bits per heavy atom. The first-order chi connectivity index (χ1) is 9.20. The van der Waals surface area contributed by atoms with Gasteiger partial charge in [0.1, 0.15) is 0 Å². The normalized spacial score (nSPS) is 20.2. The predicted molar refractivity (Wildman–Crippen MR) is 73.0 cm³/mol. The Hall–Kier alpha value is -1.14. The van der Waals surface area contributed by atoms with Crippen LogP contribution in [0, 0.1) is 5.92 Å². The van der Waals surface area contributed by atoms with Gasteiger partial charge < -0.3 is 19.8 Å². The quantitative estimate of drug-likeness (QED) is 0.822. The number of rotatable bonds is 6. The summed E-state index contributed by atoms with van der Waals surface area (Å²) in [7, 11) is 0. The van der Waals surface area contributed by atoms with Gasteiger partial charge in [0.05, 0.1) is 6.04 Å². The molecule has 1 aliphatic heterocycles. The second-order valence-electron chi connectivity index (χ2n) is 5.11. The average molecular weight is 268 g/mol. The van der Waals surface area contributed by atoms with Gasteiger partial charge in [-0.05, 0) is 39.2 Å². The Morgan fingerprint density at radius 2 is 2.00 bits per heavy atom. The summed E-state index contributed by atoms with van der Waals surface area (Å²) in [5, 5.41) is 14.7. The molecule has 1 aromatic rings. The van der Waals surface area contributed by atoms with Gasteiger partial charge in [0.2, 0.25) is 5.89 Å². The summed E-state index contributed by atoms with van der Waals surface area (Å²) in [5.74, 6) is 1.24. The minimum Gasteiger partial charge on any atom is -0.406 e. The molecule has 0 spiro atoms. The Balaban J connectivity index is 1.88. The lowest BCUT2D eigenvalue weighted by atomic mass is 9.93. The van der Waals surface area contributed by atoms with Gasteiger partial charge in [-0.3, -0.25) is 0 Å². The fraction of sp³-hybridized carbons (Fsp3) is 0.846. The van der Waals surface area contributed by atoms with E-state index in [-0.39, 0.29) is 6.04 Å². The van der Waals surface area contributed by atoms with Crippen molar-refractivity contribution < 1.29 is 9.15 Å². The van der Waals surface area contributed by atoms with Crippen LogP contribution < -0.4 is 10.6 Å². The first kappa shape index (κ1) is 14.3. The molecule has 6 heteroatoms. The summed E-state index contributed by atoms with van der Waals surface area (Å²) in [4.78, 5) is 0. The van der Waals surface area contributed by atoms with E-state index < -0.39 is 0 Å². The summed E-state index contributed by atoms with van der Waals surface area (Å²) in [6, 6.07) is 0.928. The molecule has 1 fully saturated rings. The van der Waals surface area contributed by atoms with Crippen molar-refractivity contribution in [3.63, 3.8) is 0 Å². The molecule has 108 valence electrons. The first-order valence-electron chi connectivity index (χ1n) is 7.11. The third-order valence-corrected chi connectivity index (χ3v) is 3.65. The molecule has 0 radical (unpaired) electrons. The van der Waals surface area contributed by atoms with Crippen LogP contribution in [0.5, 0.6) is 0 Å². The zero-order valence-electron chi connectivity index (χ0n) is 12.0. The standard InChI is InChI=1S/C13H24N4O2/c1-4-14-10(3)12-16-17-13(19-12)15-9(2)11-5-7-18-8-6-11/h9-11,14H,4-8H2,1-3H3,(H,15,17). The predicted octanol–water partition coefficient (Wildman–Crippen LogP) is 1.97. The lowest BCUT2D eigenvalue weighted by Crippen LogP contribution is -2.31. The maximum absolute atomic E-state index is 5.63. The van der Waals surface area contributed by atoms with E-state index in [4.69, 9.17) is 9.15 Å². The van der Waals surface area contributed by atoms with Gasteiger partial charge >= 0.3 is 6.01 Å². The van der Waals surface area contributed by atoms with Crippen LogP contribution in [-0.2, 0) is 4.74 Å². The van der Waals surface area contributed by atoms with Crippen molar-refractivity contribution >= 4 is 6.01 Å². The monoisotopic (exact) mass is 268 g/mol. The number of ether oxygens (including phenoxy) is 1. The van der Waals surface area contributed by atoms with Crippen molar-refractivity contribution in [3.05, 3.63) is 5.89 Å². The minimum absolute atomic E-state index is 0.0893. The molecule has 6 nitrogen and oxygen atoms in total. The molecular weight excluding hydrogens is 244 g/mol. The zero-order chi connectivity index (χ0) is 13.7. The van der Waals surface area contributed by atoms with Gasteiger partial charge in [-0.15, -0.1) is 5.10 Å². The van der Waals surface area contributed by atoms with E-state index in [1.807, 2.05) is 6.92 Å². The second kappa shape index (κ2) is 6.86. The van der Waals surface area contributed by atoms with Crippen molar-refractivity contribution in [2.75, 3.05) is 25.1 Å². The van der Waals surface area contributed by atoms with Crippen molar-refractivity contribution in [2.24, 2.45) is 5.92 Å². The number of aromatic nitrogens is 2. The third kappa shape index (κ3) is 3.91. The summed E-state index contributed by atoms with van der Waals surface area (Å²) in [6.45, 7) is 8.81. The Kier molecular flexibility index (Phi) is 5.15. The van der Waals surface area contributed by atoms with E-state index in [1.54, 1.807) is 0 Å². The highest BCUT2D eigenvalue weighted by atomic mass is 16.5. The summed E-state index contributed by atoms with van der Waals surface area (Å²) < 4.78 is 11.0. The smallest absolute Gasteiger partial charge is 0.315 e. The molecule has 0 bridgehead atoms. The Morgan fingerprint density at radius 3 is 2.68 bits per heavy atom. The molecule has 2 heterocycles. The van der Waals surface area contributed by atoms with Gasteiger partial charge in [0, 0.05) is 19.3 Å². The molecule has 2 rings (SSSR count). The van der Waals surface area contributed by atoms with Crippen molar-refractivity contribution in [1.82, 2.24) is 15.5 Å². The molecular formula is C13H24N4O2. The maximum Gasteiger partial charge on any atom is 0.315 e. The number of anilines is 1. The van der Waals surface area contributed by atoms with Gasteiger partial charge in [0.15, 0.2) is 0 Å². The van der Waals surface area contributed by atoms with E-state index >= 15 is 0 Å². The zero-order valence-corrected chi connectivity index (χ0v) is 12.0. The van der Waals surface area contributed by atoms with Crippen LogP contribution in [-0.4, -0.2) is 36.0 Å². The summed E-state index contributed by atoms with van der Waals surface area (Å²) in [5.41, 5.74) is 0. The van der Waals surface area contributed by atoms with Crippen LogP contribution >= 0.6 is 0 Å². The fourth-order valence-electron chi connectivity index (χ4n) is 2.39. The highest BCUT2D eigenvalue weighted by molar-refractivity contribution is 5.20. The average Bonchev–Trinajstić information content (AvgIpc) is 2.88. The van der Waals surface area contributed by atoms with Gasteiger partial charge in [-0.25, -0.2) is 0 Å². The number of hydrogen-bond acceptors (Lipinski definition) is 6. The van der Waals surface area contributed by atoms with Crippen LogP contribution in [0.25, 0.3) is 0 Å². The fourth-order valence-corrected chi connectivity index (χ4v) is 2.39. The maximum atomic E-state index is 5.63. The van der Waals surface area contributed by atoms with Crippen molar-refractivity contribution in [1.29, 1.82) is 0 Å². The van der Waals surface area contributed by atoms with Crippen LogP contribution in [0.1, 0.15) is 45.5 Å². The van der Waals surface area contributed by atoms with E-state index in [9.17, 15) is 0 Å². The summed E-state index contributed by atoms with van der Waals surface area (Å²) in [6.07, 6.45) is 2.17. The third-order valence-electron chi connectivity index (χ3n) is 3.65. The molecule has 0 aliphatic carbocycles. The second-order valence-corrected chi connectivity index (χ2v) is 5.11. The van der Waals surface area contributed by atoms with Crippen LogP contribution in [0.3, 0.4) is 0 Å². The summed E-state index contributed by atoms with van der Waals surface area (Å²) >= 11 is 0. The van der Waals surface area contributed by atoms with Crippen molar-refractivity contribution in [2.45, 2.75) is 45.7 Å². The number of hydrogen-bond donors (Lipinski definition) is 2. The van der Waals surface area contributed by atoms with E-state index in [0.717, 1.165) is 32.6 Å². The molecule has 0 saturated carbocycles. The number of nitrogens with zero attached hydrogens (tertiary/aromatic N) is 2. The minimum atomic E-state index is 0.0893. The molecule has 19 heavy (non-hydrogen) atoms. The van der Waals surface area contributed by atoms with Gasteiger partial charge in [0.25, 0.3) is 0 Å². The SMILES string of the molecule is CCNC(C)c1nnc(NC(C)C2CCOCC2)o1. The molecule has 1 aromatic heterocycles. The lowest BCUT2D eigenvalue weighted by Gasteiger charge is -2.27. The molecule has 1 aliphatic rings. The van der Waals surface area contributed by atoms with E-state index in [0.29, 0.717) is 23.9 Å². The lowest BCUT2D eigenvalue weighted by molar-refractivity contribution is 0.0620. The molecule has 0 amide bonds. The highest BCUT2D eigenvalue weighted by Crippen LogP contribution is 2.22. The Labute approximate surface area is 114 Å². The van der Waals surface area contributed by atoms with Crippen molar-refractivity contribution in [3.8, 4) is 0 Å². The molecule has 1 saturated heterocycles. The molecule has 2 N–H and O–H groups in total. The Bertz CT molecular complexity index is 376. The number of nitrogens with one attached hydrogen (secondary N) is 2. The van der Waals surface area contributed by atoms with Crippen LogP contribution in [0.4, 0.5) is 6.01 Å². The molecule has 2 atom stereocenters.